The number of likely N-dealkylation sites (tertiary alicyclic amines) is 1. The second-order valence-electron chi connectivity index (χ2n) is 19.4. The van der Waals surface area contributed by atoms with E-state index in [0.717, 1.165) is 55.3 Å². The van der Waals surface area contributed by atoms with Gasteiger partial charge in [0.15, 0.2) is 0 Å². The number of benzene rings is 2. The quantitative estimate of drug-likeness (QED) is 0.235. The molecule has 2 aromatic carbocycles. The molecule has 0 radical (unpaired) electrons. The van der Waals surface area contributed by atoms with Gasteiger partial charge in [-0.3, -0.25) is 39.1 Å². The number of ether oxygens (including phenoxy) is 1. The van der Waals surface area contributed by atoms with Gasteiger partial charge in [-0.1, -0.05) is 45.2 Å². The Bertz CT molecular complexity index is 2630. The third-order valence-corrected chi connectivity index (χ3v) is 15.2. The molecule has 2 bridgehead atoms. The number of halogens is 2. The van der Waals surface area contributed by atoms with Crippen molar-refractivity contribution in [2.45, 2.75) is 115 Å². The van der Waals surface area contributed by atoms with Gasteiger partial charge < -0.3 is 14.5 Å². The molecule has 3 saturated heterocycles. The number of piperidine rings is 1. The maximum absolute atomic E-state index is 15.7. The molecule has 1 aromatic heterocycles. The molecule has 3 atom stereocenters. The molecule has 6 heterocycles. The van der Waals surface area contributed by atoms with Gasteiger partial charge in [-0.25, -0.2) is 9.37 Å². The summed E-state index contributed by atoms with van der Waals surface area (Å²) in [6.45, 7) is 10.3. The second-order valence-corrected chi connectivity index (χ2v) is 19.8. The Balaban J connectivity index is 0.741. The topological polar surface area (TPSA) is 156 Å². The van der Waals surface area contributed by atoms with Crippen LogP contribution in [0.25, 0.3) is 0 Å². The van der Waals surface area contributed by atoms with Crippen molar-refractivity contribution in [3.63, 3.8) is 0 Å². The number of nitrogens with one attached hydrogen (secondary N) is 1. The van der Waals surface area contributed by atoms with Gasteiger partial charge in [-0.2, -0.15) is 5.26 Å². The molecule has 5 aliphatic heterocycles. The zero-order valence-electron chi connectivity index (χ0n) is 35.5. The molecule has 7 aliphatic rings. The van der Waals surface area contributed by atoms with Crippen molar-refractivity contribution in [2.24, 2.45) is 16.7 Å². The monoisotopic (exact) mass is 871 g/mol. The van der Waals surface area contributed by atoms with Gasteiger partial charge in [0.05, 0.1) is 45.2 Å². The van der Waals surface area contributed by atoms with Crippen molar-refractivity contribution in [1.29, 1.82) is 5.26 Å². The van der Waals surface area contributed by atoms with Crippen LogP contribution in [0.1, 0.15) is 121 Å². The Morgan fingerprint density at radius 3 is 2.24 bits per heavy atom. The van der Waals surface area contributed by atoms with Gasteiger partial charge >= 0.3 is 0 Å². The maximum atomic E-state index is 15.7. The molecule has 5 amide bonds. The Hall–Kier alpha value is -5.83. The average Bonchev–Trinajstić information content (AvgIpc) is 4.00. The molecular formula is C48H47ClFN7O6. The highest BCUT2D eigenvalue weighted by Gasteiger charge is 2.67. The van der Waals surface area contributed by atoms with E-state index < -0.39 is 35.5 Å². The van der Waals surface area contributed by atoms with E-state index in [-0.39, 0.29) is 70.9 Å². The van der Waals surface area contributed by atoms with Gasteiger partial charge in [-0.05, 0) is 80.8 Å². The number of hydrogen-bond donors (Lipinski definition) is 1. The van der Waals surface area contributed by atoms with E-state index in [4.69, 9.17) is 21.3 Å². The first-order valence-electron chi connectivity index (χ1n) is 21.8. The number of piperazine rings is 1. The van der Waals surface area contributed by atoms with Crippen LogP contribution in [0.2, 0.25) is 5.02 Å². The summed E-state index contributed by atoms with van der Waals surface area (Å²) in [5, 5.41) is 11.8. The number of anilines is 1. The zero-order valence-corrected chi connectivity index (χ0v) is 36.3. The summed E-state index contributed by atoms with van der Waals surface area (Å²) in [5.41, 5.74) is 1.94. The largest absolute Gasteiger partial charge is 0.489 e. The fraction of sp³-hybridized carbons (Fsp3) is 0.479. The van der Waals surface area contributed by atoms with Gasteiger partial charge in [0.25, 0.3) is 17.7 Å². The minimum atomic E-state index is -1.10. The third-order valence-electron chi connectivity index (χ3n) is 14.8. The lowest BCUT2D eigenvalue weighted by atomic mass is 9.49. The van der Waals surface area contributed by atoms with Crippen molar-refractivity contribution < 1.29 is 33.1 Å². The predicted molar refractivity (Wildman–Crippen MR) is 228 cm³/mol. The first-order valence-corrected chi connectivity index (χ1v) is 22.2. The van der Waals surface area contributed by atoms with Crippen LogP contribution >= 0.6 is 11.6 Å². The van der Waals surface area contributed by atoms with Gasteiger partial charge in [0.2, 0.25) is 11.8 Å². The minimum absolute atomic E-state index is 0.0148. The molecule has 13 nitrogen and oxygen atoms in total. The number of nitrogens with zero attached hydrogens (tertiary/aromatic N) is 6. The molecule has 2 aliphatic carbocycles. The second kappa shape index (κ2) is 14.9. The lowest BCUT2D eigenvalue weighted by Gasteiger charge is -2.65. The lowest BCUT2D eigenvalue weighted by Crippen LogP contribution is -2.74. The molecule has 0 spiro atoms. The fourth-order valence-electron chi connectivity index (χ4n) is 12.4. The van der Waals surface area contributed by atoms with Crippen LogP contribution in [0.5, 0.6) is 5.75 Å². The summed E-state index contributed by atoms with van der Waals surface area (Å²) >= 11 is 6.29. The number of fused-ring (bicyclic) bond motifs is 4. The van der Waals surface area contributed by atoms with Gasteiger partial charge in [0, 0.05) is 66.5 Å². The molecular weight excluding hydrogens is 825 g/mol. The van der Waals surface area contributed by atoms with Crippen molar-refractivity contribution in [3.05, 3.63) is 86.9 Å². The molecule has 5 fully saturated rings. The van der Waals surface area contributed by atoms with Crippen LogP contribution in [0.3, 0.4) is 0 Å². The standard InChI is InChI=1S/C48H47ClFN7O6/c1-47(2)45(48(3,4)46(47)63-31-13-8-26(21-51)35(49)18-31)56-24-37-32(42(56)60)14-10-27(52-37)9-5-25-6-11-28(12-7-25)54-22-30-17-29(54)23-55(30)39-20-34-33(19-36(39)50)43(61)57(44(34)62)38-15-16-40(58)53-41(38)59/h8,10,13-14,18-20,25,28-30,38,45-46H,6-7,11-12,15-17,22-24H2,1-4H3,(H,53,58,59). The number of pyridine rings is 1. The lowest BCUT2D eigenvalue weighted by molar-refractivity contribution is -0.199. The van der Waals surface area contributed by atoms with Crippen LogP contribution in [-0.2, 0) is 16.1 Å². The van der Waals surface area contributed by atoms with E-state index in [1.165, 1.54) is 6.07 Å². The molecule has 3 unspecified atom stereocenters. The number of carbonyl (C=O) groups is 5. The molecule has 1 N–H and O–H groups in total. The molecule has 15 heteroatoms. The van der Waals surface area contributed by atoms with Crippen LogP contribution in [-0.4, -0.2) is 98.6 Å². The molecule has 324 valence electrons. The number of hydrogen-bond acceptors (Lipinski definition) is 10. The summed E-state index contributed by atoms with van der Waals surface area (Å²) < 4.78 is 22.2. The van der Waals surface area contributed by atoms with Crippen LogP contribution < -0.4 is 15.0 Å². The Morgan fingerprint density at radius 2 is 1.57 bits per heavy atom. The number of imide groups is 2. The minimum Gasteiger partial charge on any atom is -0.489 e. The predicted octanol–water partition coefficient (Wildman–Crippen LogP) is 5.86. The SMILES string of the molecule is CC1(C)C(Oc2ccc(C#N)c(Cl)c2)C(C)(C)C1N1Cc2nc(C#CC3CCC(N4CC5CC4CN5c4cc5c(cc4F)C(=O)N(C4CCC(=O)NC4=O)C5=O)CC3)ccc2C1=O. The van der Waals surface area contributed by atoms with E-state index in [2.05, 4.69) is 55.8 Å². The summed E-state index contributed by atoms with van der Waals surface area (Å²) in [4.78, 5) is 76.9. The van der Waals surface area contributed by atoms with Crippen molar-refractivity contribution >= 4 is 46.8 Å². The smallest absolute Gasteiger partial charge is 0.262 e. The summed E-state index contributed by atoms with van der Waals surface area (Å²) in [7, 11) is 0. The van der Waals surface area contributed by atoms with E-state index in [1.807, 2.05) is 21.9 Å². The van der Waals surface area contributed by atoms with Crippen molar-refractivity contribution in [3.8, 4) is 23.7 Å². The highest BCUT2D eigenvalue weighted by Crippen LogP contribution is 2.59. The summed E-state index contributed by atoms with van der Waals surface area (Å²) in [5.74, 6) is 4.50. The maximum Gasteiger partial charge on any atom is 0.262 e. The van der Waals surface area contributed by atoms with Crippen LogP contribution in [0.15, 0.2) is 42.5 Å². The van der Waals surface area contributed by atoms with Crippen LogP contribution in [0, 0.1) is 45.7 Å². The number of rotatable bonds is 6. The molecule has 2 saturated carbocycles. The normalized spacial score (nSPS) is 29.2. The van der Waals surface area contributed by atoms with Crippen molar-refractivity contribution in [1.82, 2.24) is 25.0 Å². The van der Waals surface area contributed by atoms with E-state index in [1.54, 1.807) is 18.2 Å². The first-order chi connectivity index (χ1) is 30.0. The van der Waals surface area contributed by atoms with Gasteiger partial charge in [0.1, 0.15) is 35.5 Å². The fourth-order valence-corrected chi connectivity index (χ4v) is 12.6. The number of nitriles is 1. The summed E-state index contributed by atoms with van der Waals surface area (Å²) in [6.07, 6.45) is 4.64. The Morgan fingerprint density at radius 1 is 0.841 bits per heavy atom. The molecule has 10 rings (SSSR count). The van der Waals surface area contributed by atoms with E-state index in [0.29, 0.717) is 52.4 Å². The van der Waals surface area contributed by atoms with E-state index in [9.17, 15) is 29.2 Å². The summed E-state index contributed by atoms with van der Waals surface area (Å²) in [6, 6.07) is 12.9. The van der Waals surface area contributed by atoms with E-state index >= 15 is 4.39 Å². The van der Waals surface area contributed by atoms with Crippen molar-refractivity contribution in [2.75, 3.05) is 18.0 Å². The number of amides is 5. The zero-order chi connectivity index (χ0) is 44.3. The highest BCUT2D eigenvalue weighted by molar-refractivity contribution is 6.31. The first kappa shape index (κ1) is 41.2. The highest BCUT2D eigenvalue weighted by atomic mass is 35.5. The molecule has 63 heavy (non-hydrogen) atoms. The number of carbonyl (C=O) groups excluding carboxylic acids is 5. The average molecular weight is 872 g/mol. The third kappa shape index (κ3) is 6.59. The number of aromatic nitrogens is 1. The molecule has 3 aromatic rings. The van der Waals surface area contributed by atoms with Gasteiger partial charge in [-0.15, -0.1) is 0 Å². The Kier molecular flexibility index (Phi) is 9.73. The Labute approximate surface area is 369 Å². The van der Waals surface area contributed by atoms with Crippen LogP contribution in [0.4, 0.5) is 10.1 Å².